The first-order valence-corrected chi connectivity index (χ1v) is 5.80. The van der Waals surface area contributed by atoms with Crippen molar-refractivity contribution >= 4 is 23.4 Å². The van der Waals surface area contributed by atoms with E-state index in [0.29, 0.717) is 6.42 Å². The topological polar surface area (TPSA) is 49.3 Å². The van der Waals surface area contributed by atoms with Crippen LogP contribution in [0, 0.1) is 0 Å². The van der Waals surface area contributed by atoms with Gasteiger partial charge in [-0.05, 0) is 31.0 Å². The fourth-order valence-corrected chi connectivity index (χ4v) is 2.47. The SMILES string of the molecule is CC1Sc2ccc(CCO)cc2NC1=O. The molecule has 1 aliphatic rings. The third-order valence-corrected chi connectivity index (χ3v) is 3.55. The molecule has 0 bridgehead atoms. The van der Waals surface area contributed by atoms with Crippen molar-refractivity contribution in [3.63, 3.8) is 0 Å². The molecule has 1 aliphatic heterocycles. The summed E-state index contributed by atoms with van der Waals surface area (Å²) in [6.07, 6.45) is 0.628. The van der Waals surface area contributed by atoms with Crippen LogP contribution in [0.3, 0.4) is 0 Å². The predicted molar refractivity (Wildman–Crippen MR) is 61.2 cm³/mol. The first kappa shape index (κ1) is 10.5. The molecule has 4 heteroatoms. The Morgan fingerprint density at radius 1 is 1.53 bits per heavy atom. The summed E-state index contributed by atoms with van der Waals surface area (Å²) in [7, 11) is 0. The maximum atomic E-state index is 11.4. The van der Waals surface area contributed by atoms with E-state index in [0.717, 1.165) is 16.1 Å². The van der Waals surface area contributed by atoms with Crippen LogP contribution in [-0.4, -0.2) is 22.9 Å². The summed E-state index contributed by atoms with van der Waals surface area (Å²) in [6.45, 7) is 2.03. The van der Waals surface area contributed by atoms with Crippen LogP contribution in [0.2, 0.25) is 0 Å². The first-order valence-electron chi connectivity index (χ1n) is 4.92. The molecule has 1 aromatic carbocycles. The van der Waals surface area contributed by atoms with Crippen LogP contribution in [0.1, 0.15) is 12.5 Å². The predicted octanol–water partition coefficient (Wildman–Crippen LogP) is 1.65. The number of thioether (sulfide) groups is 1. The van der Waals surface area contributed by atoms with E-state index in [9.17, 15) is 4.79 Å². The summed E-state index contributed by atoms with van der Waals surface area (Å²) in [5.41, 5.74) is 1.92. The monoisotopic (exact) mass is 223 g/mol. The summed E-state index contributed by atoms with van der Waals surface area (Å²) in [6, 6.07) is 5.93. The summed E-state index contributed by atoms with van der Waals surface area (Å²) in [5.74, 6) is 0.0497. The zero-order valence-electron chi connectivity index (χ0n) is 8.49. The molecule has 0 fully saturated rings. The van der Waals surface area contributed by atoms with Gasteiger partial charge in [-0.1, -0.05) is 6.07 Å². The molecule has 3 nitrogen and oxygen atoms in total. The van der Waals surface area contributed by atoms with Crippen molar-refractivity contribution in [3.8, 4) is 0 Å². The number of hydrogen-bond acceptors (Lipinski definition) is 3. The number of benzene rings is 1. The Morgan fingerprint density at radius 3 is 3.07 bits per heavy atom. The molecule has 1 aromatic rings. The molecule has 1 heterocycles. The van der Waals surface area contributed by atoms with Crippen molar-refractivity contribution < 1.29 is 9.90 Å². The van der Waals surface area contributed by atoms with Gasteiger partial charge in [0.25, 0.3) is 0 Å². The minimum Gasteiger partial charge on any atom is -0.396 e. The number of anilines is 1. The average molecular weight is 223 g/mol. The van der Waals surface area contributed by atoms with Crippen LogP contribution in [0.5, 0.6) is 0 Å². The van der Waals surface area contributed by atoms with Crippen molar-refractivity contribution in [2.45, 2.75) is 23.5 Å². The van der Waals surface area contributed by atoms with Gasteiger partial charge in [0.2, 0.25) is 5.91 Å². The Balaban J connectivity index is 2.29. The highest BCUT2D eigenvalue weighted by Gasteiger charge is 2.22. The highest BCUT2D eigenvalue weighted by atomic mass is 32.2. The molecule has 0 saturated heterocycles. The lowest BCUT2D eigenvalue weighted by Gasteiger charge is -2.21. The quantitative estimate of drug-likeness (QED) is 0.801. The number of carbonyl (C=O) groups excluding carboxylic acids is 1. The zero-order chi connectivity index (χ0) is 10.8. The highest BCUT2D eigenvalue weighted by Crippen LogP contribution is 2.35. The van der Waals surface area contributed by atoms with E-state index in [-0.39, 0.29) is 17.8 Å². The normalized spacial score (nSPS) is 19.6. The third-order valence-electron chi connectivity index (χ3n) is 2.38. The summed E-state index contributed by atoms with van der Waals surface area (Å²) >= 11 is 1.57. The van der Waals surface area contributed by atoms with Gasteiger partial charge in [-0.15, -0.1) is 11.8 Å². The van der Waals surface area contributed by atoms with Gasteiger partial charge < -0.3 is 10.4 Å². The second-order valence-electron chi connectivity index (χ2n) is 3.55. The fourth-order valence-electron chi connectivity index (χ4n) is 1.54. The van der Waals surface area contributed by atoms with Gasteiger partial charge in [0.1, 0.15) is 0 Å². The van der Waals surface area contributed by atoms with Gasteiger partial charge in [0, 0.05) is 11.5 Å². The van der Waals surface area contributed by atoms with Gasteiger partial charge >= 0.3 is 0 Å². The van der Waals surface area contributed by atoms with E-state index in [4.69, 9.17) is 5.11 Å². The van der Waals surface area contributed by atoms with Crippen LogP contribution in [0.25, 0.3) is 0 Å². The molecule has 15 heavy (non-hydrogen) atoms. The number of hydrogen-bond donors (Lipinski definition) is 2. The molecule has 80 valence electrons. The van der Waals surface area contributed by atoms with Crippen molar-refractivity contribution in [2.75, 3.05) is 11.9 Å². The molecular weight excluding hydrogens is 210 g/mol. The van der Waals surface area contributed by atoms with Crippen LogP contribution < -0.4 is 5.32 Å². The standard InChI is InChI=1S/C11H13NO2S/c1-7-11(14)12-9-6-8(4-5-13)2-3-10(9)15-7/h2-3,6-7,13H,4-5H2,1H3,(H,12,14). The minimum atomic E-state index is -0.0267. The van der Waals surface area contributed by atoms with Crippen LogP contribution in [-0.2, 0) is 11.2 Å². The van der Waals surface area contributed by atoms with Crippen molar-refractivity contribution in [1.29, 1.82) is 0 Å². The number of aliphatic hydroxyl groups is 1. The molecule has 1 amide bonds. The molecule has 0 saturated carbocycles. The number of rotatable bonds is 2. The molecule has 0 radical (unpaired) electrons. The summed E-state index contributed by atoms with van der Waals surface area (Å²) < 4.78 is 0. The van der Waals surface area contributed by atoms with Crippen molar-refractivity contribution in [2.24, 2.45) is 0 Å². The minimum absolute atomic E-state index is 0.0267. The number of amides is 1. The van der Waals surface area contributed by atoms with Crippen LogP contribution in [0.15, 0.2) is 23.1 Å². The molecule has 2 rings (SSSR count). The van der Waals surface area contributed by atoms with Gasteiger partial charge in [0.05, 0.1) is 10.9 Å². The highest BCUT2D eigenvalue weighted by molar-refractivity contribution is 8.00. The lowest BCUT2D eigenvalue weighted by Crippen LogP contribution is -2.26. The van der Waals surface area contributed by atoms with Gasteiger partial charge in [-0.2, -0.15) is 0 Å². The van der Waals surface area contributed by atoms with E-state index < -0.39 is 0 Å². The molecule has 1 atom stereocenters. The summed E-state index contributed by atoms with van der Waals surface area (Å²) in [5, 5.41) is 11.7. The number of aliphatic hydroxyl groups excluding tert-OH is 1. The number of fused-ring (bicyclic) bond motifs is 1. The largest absolute Gasteiger partial charge is 0.396 e. The number of nitrogens with one attached hydrogen (secondary N) is 1. The number of carbonyl (C=O) groups is 1. The van der Waals surface area contributed by atoms with Crippen molar-refractivity contribution in [1.82, 2.24) is 0 Å². The van der Waals surface area contributed by atoms with E-state index in [1.165, 1.54) is 0 Å². The molecule has 2 N–H and O–H groups in total. The fraction of sp³-hybridized carbons (Fsp3) is 0.364. The lowest BCUT2D eigenvalue weighted by molar-refractivity contribution is -0.115. The molecule has 0 spiro atoms. The zero-order valence-corrected chi connectivity index (χ0v) is 9.30. The van der Waals surface area contributed by atoms with E-state index in [2.05, 4.69) is 5.32 Å². The van der Waals surface area contributed by atoms with E-state index in [1.54, 1.807) is 11.8 Å². The Bertz CT molecular complexity index is 392. The molecular formula is C11H13NO2S. The third kappa shape index (κ3) is 2.16. The molecule has 0 aromatic heterocycles. The summed E-state index contributed by atoms with van der Waals surface area (Å²) in [4.78, 5) is 12.5. The average Bonchev–Trinajstić information content (AvgIpc) is 2.21. The first-order chi connectivity index (χ1) is 7.20. The van der Waals surface area contributed by atoms with Gasteiger partial charge in [0.15, 0.2) is 0 Å². The molecule has 0 aliphatic carbocycles. The smallest absolute Gasteiger partial charge is 0.237 e. The Kier molecular flexibility index (Phi) is 2.98. The van der Waals surface area contributed by atoms with Crippen LogP contribution in [0.4, 0.5) is 5.69 Å². The maximum Gasteiger partial charge on any atom is 0.237 e. The van der Waals surface area contributed by atoms with Gasteiger partial charge in [-0.25, -0.2) is 0 Å². The second kappa shape index (κ2) is 4.24. The second-order valence-corrected chi connectivity index (χ2v) is 4.94. The molecule has 1 unspecified atom stereocenters. The Hall–Kier alpha value is -1.00. The lowest BCUT2D eigenvalue weighted by atomic mass is 10.1. The van der Waals surface area contributed by atoms with Crippen molar-refractivity contribution in [3.05, 3.63) is 23.8 Å². The maximum absolute atomic E-state index is 11.4. The van der Waals surface area contributed by atoms with Gasteiger partial charge in [-0.3, -0.25) is 4.79 Å². The van der Waals surface area contributed by atoms with E-state index >= 15 is 0 Å². The Morgan fingerprint density at radius 2 is 2.33 bits per heavy atom. The van der Waals surface area contributed by atoms with E-state index in [1.807, 2.05) is 25.1 Å². The Labute approximate surface area is 92.9 Å². The van der Waals surface area contributed by atoms with Crippen LogP contribution >= 0.6 is 11.8 Å².